The summed E-state index contributed by atoms with van der Waals surface area (Å²) in [5.41, 5.74) is 2.32. The zero-order valence-corrected chi connectivity index (χ0v) is 22.3. The lowest BCUT2D eigenvalue weighted by molar-refractivity contribution is 0.103. The molecular weight excluding hydrogens is 524 g/mol. The van der Waals surface area contributed by atoms with E-state index in [1.54, 1.807) is 6.07 Å². The Morgan fingerprint density at radius 1 is 1.05 bits per heavy atom. The number of hydrogen-bond acceptors (Lipinski definition) is 10. The SMILES string of the molecule is Cc1cccc(Cl)c1NC(=O)c1cnc(Nc2nc(-c3ccccc3)nc(N3CCN(CCO)CC3)n2)s1. The molecule has 12 heteroatoms. The number of piperazine rings is 1. The molecular formula is C26H27ClN8O2S. The molecule has 0 aliphatic carbocycles. The molecule has 0 radical (unpaired) electrons. The van der Waals surface area contributed by atoms with Gasteiger partial charge in [-0.2, -0.15) is 15.0 Å². The fourth-order valence-corrected chi connectivity index (χ4v) is 5.06. The number of nitrogens with one attached hydrogen (secondary N) is 2. The van der Waals surface area contributed by atoms with Crippen LogP contribution in [0.3, 0.4) is 0 Å². The predicted octanol–water partition coefficient (Wildman–Crippen LogP) is 4.07. The number of amides is 1. The number of carbonyl (C=O) groups excluding carboxylic acids is 1. The summed E-state index contributed by atoms with van der Waals surface area (Å²) in [6, 6.07) is 15.2. The van der Waals surface area contributed by atoms with Gasteiger partial charge < -0.3 is 15.3 Å². The van der Waals surface area contributed by atoms with Crippen LogP contribution < -0.4 is 15.5 Å². The third-order valence-electron chi connectivity index (χ3n) is 6.14. The highest BCUT2D eigenvalue weighted by Crippen LogP contribution is 2.28. The summed E-state index contributed by atoms with van der Waals surface area (Å²) in [6.45, 7) is 5.78. The molecule has 0 atom stereocenters. The van der Waals surface area contributed by atoms with Crippen LogP contribution >= 0.6 is 22.9 Å². The highest BCUT2D eigenvalue weighted by atomic mass is 35.5. The van der Waals surface area contributed by atoms with Gasteiger partial charge in [0.1, 0.15) is 4.88 Å². The van der Waals surface area contributed by atoms with Crippen LogP contribution in [0.15, 0.2) is 54.7 Å². The molecule has 2 aromatic carbocycles. The number of β-amino-alcohol motifs (C(OH)–C–C–N with tert-alkyl or cyclic N) is 1. The minimum Gasteiger partial charge on any atom is -0.395 e. The monoisotopic (exact) mass is 550 g/mol. The van der Waals surface area contributed by atoms with Gasteiger partial charge in [0, 0.05) is 38.3 Å². The number of aliphatic hydroxyl groups excluding tert-OH is 1. The summed E-state index contributed by atoms with van der Waals surface area (Å²) < 4.78 is 0. The summed E-state index contributed by atoms with van der Waals surface area (Å²) in [4.78, 5) is 36.0. The molecule has 38 heavy (non-hydrogen) atoms. The van der Waals surface area contributed by atoms with Crippen molar-refractivity contribution in [1.82, 2.24) is 24.8 Å². The Labute approximate surface area is 229 Å². The van der Waals surface area contributed by atoms with Gasteiger partial charge in [-0.15, -0.1) is 0 Å². The molecule has 1 aliphatic rings. The first-order valence-corrected chi connectivity index (χ1v) is 13.4. The molecule has 0 spiro atoms. The number of para-hydroxylation sites is 1. The lowest BCUT2D eigenvalue weighted by atomic mass is 10.2. The van der Waals surface area contributed by atoms with Gasteiger partial charge in [0.05, 0.1) is 23.5 Å². The van der Waals surface area contributed by atoms with E-state index >= 15 is 0 Å². The van der Waals surface area contributed by atoms with E-state index in [1.165, 1.54) is 17.5 Å². The largest absolute Gasteiger partial charge is 0.395 e. The van der Waals surface area contributed by atoms with E-state index in [4.69, 9.17) is 16.6 Å². The van der Waals surface area contributed by atoms with Crippen molar-refractivity contribution in [2.45, 2.75) is 6.92 Å². The summed E-state index contributed by atoms with van der Waals surface area (Å²) in [5, 5.41) is 16.2. The van der Waals surface area contributed by atoms with Crippen LogP contribution in [0.25, 0.3) is 11.4 Å². The molecule has 1 fully saturated rings. The lowest BCUT2D eigenvalue weighted by Gasteiger charge is -2.34. The number of benzene rings is 2. The van der Waals surface area contributed by atoms with Crippen LogP contribution in [0.1, 0.15) is 15.2 Å². The van der Waals surface area contributed by atoms with Crippen molar-refractivity contribution in [1.29, 1.82) is 0 Å². The maximum atomic E-state index is 12.9. The van der Waals surface area contributed by atoms with Crippen LogP contribution in [-0.4, -0.2) is 75.2 Å². The van der Waals surface area contributed by atoms with Crippen molar-refractivity contribution in [2.75, 3.05) is 54.9 Å². The lowest BCUT2D eigenvalue weighted by Crippen LogP contribution is -2.47. The van der Waals surface area contributed by atoms with Crippen molar-refractivity contribution in [3.05, 3.63) is 70.2 Å². The van der Waals surface area contributed by atoms with Crippen LogP contribution in [0.5, 0.6) is 0 Å². The first-order valence-electron chi connectivity index (χ1n) is 12.2. The third-order valence-corrected chi connectivity index (χ3v) is 7.36. The predicted molar refractivity (Wildman–Crippen MR) is 151 cm³/mol. The van der Waals surface area contributed by atoms with E-state index in [2.05, 4.69) is 35.4 Å². The molecule has 3 N–H and O–H groups in total. The molecule has 4 aromatic rings. The Hall–Kier alpha value is -3.64. The average Bonchev–Trinajstić information content (AvgIpc) is 3.40. The Balaban J connectivity index is 1.37. The van der Waals surface area contributed by atoms with Crippen LogP contribution in [0, 0.1) is 6.92 Å². The van der Waals surface area contributed by atoms with Crippen LogP contribution in [-0.2, 0) is 0 Å². The molecule has 0 unspecified atom stereocenters. The summed E-state index contributed by atoms with van der Waals surface area (Å²) in [5.74, 6) is 1.15. The Morgan fingerprint density at radius 2 is 1.84 bits per heavy atom. The number of carbonyl (C=O) groups is 1. The molecule has 1 aliphatic heterocycles. The van der Waals surface area contributed by atoms with E-state index in [0.717, 1.165) is 37.3 Å². The van der Waals surface area contributed by atoms with Crippen molar-refractivity contribution < 1.29 is 9.90 Å². The molecule has 0 bridgehead atoms. The van der Waals surface area contributed by atoms with Gasteiger partial charge in [0.2, 0.25) is 11.9 Å². The fourth-order valence-electron chi connectivity index (χ4n) is 4.09. The second-order valence-electron chi connectivity index (χ2n) is 8.74. The standard InChI is InChI=1S/C26H27ClN8O2S/c1-17-6-5-9-19(27)21(17)29-23(37)20-16-28-26(38-20)33-24-30-22(18-7-3-2-4-8-18)31-25(32-24)35-12-10-34(11-13-35)14-15-36/h2-9,16,36H,10-15H2,1H3,(H,29,37)(H,28,30,31,32,33). The second-order valence-corrected chi connectivity index (χ2v) is 10.2. The highest BCUT2D eigenvalue weighted by molar-refractivity contribution is 7.17. The quantitative estimate of drug-likeness (QED) is 0.298. The minimum absolute atomic E-state index is 0.143. The third kappa shape index (κ3) is 6.08. The number of hydrogen-bond donors (Lipinski definition) is 3. The number of rotatable bonds is 8. The molecule has 1 saturated heterocycles. The number of aliphatic hydroxyl groups is 1. The van der Waals surface area contributed by atoms with E-state index in [1.807, 2.05) is 49.4 Å². The maximum Gasteiger partial charge on any atom is 0.267 e. The molecule has 10 nitrogen and oxygen atoms in total. The fraction of sp³-hybridized carbons (Fsp3) is 0.269. The van der Waals surface area contributed by atoms with Crippen molar-refractivity contribution in [2.24, 2.45) is 0 Å². The molecule has 3 heterocycles. The molecule has 2 aromatic heterocycles. The zero-order chi connectivity index (χ0) is 26.5. The van der Waals surface area contributed by atoms with Crippen molar-refractivity contribution in [3.8, 4) is 11.4 Å². The maximum absolute atomic E-state index is 12.9. The van der Waals surface area contributed by atoms with E-state index in [9.17, 15) is 9.90 Å². The topological polar surface area (TPSA) is 119 Å². The van der Waals surface area contributed by atoms with Gasteiger partial charge in [-0.3, -0.25) is 15.0 Å². The first-order chi connectivity index (χ1) is 18.5. The van der Waals surface area contributed by atoms with Gasteiger partial charge in [-0.05, 0) is 18.6 Å². The second kappa shape index (κ2) is 11.8. The first kappa shape index (κ1) is 26.0. The van der Waals surface area contributed by atoms with Gasteiger partial charge in [0.25, 0.3) is 5.91 Å². The van der Waals surface area contributed by atoms with E-state index in [-0.39, 0.29) is 12.5 Å². The number of anilines is 4. The van der Waals surface area contributed by atoms with Gasteiger partial charge in [0.15, 0.2) is 11.0 Å². The number of aromatic nitrogens is 4. The Kier molecular flexibility index (Phi) is 8.08. The number of nitrogens with zero attached hydrogens (tertiary/aromatic N) is 6. The smallest absolute Gasteiger partial charge is 0.267 e. The van der Waals surface area contributed by atoms with Crippen LogP contribution in [0.2, 0.25) is 5.02 Å². The highest BCUT2D eigenvalue weighted by Gasteiger charge is 2.21. The average molecular weight is 551 g/mol. The molecule has 5 rings (SSSR count). The number of thiazole rings is 1. The van der Waals surface area contributed by atoms with Gasteiger partial charge >= 0.3 is 0 Å². The molecule has 1 amide bonds. The molecule has 0 saturated carbocycles. The number of aryl methyl sites for hydroxylation is 1. The van der Waals surface area contributed by atoms with Crippen molar-refractivity contribution >= 4 is 51.6 Å². The number of halogens is 1. The van der Waals surface area contributed by atoms with Crippen molar-refractivity contribution in [3.63, 3.8) is 0 Å². The van der Waals surface area contributed by atoms with Gasteiger partial charge in [-0.1, -0.05) is 65.4 Å². The normalized spacial score (nSPS) is 13.9. The van der Waals surface area contributed by atoms with Gasteiger partial charge in [-0.25, -0.2) is 4.98 Å². The van der Waals surface area contributed by atoms with E-state index in [0.29, 0.717) is 45.0 Å². The zero-order valence-electron chi connectivity index (χ0n) is 20.8. The molecule has 196 valence electrons. The van der Waals surface area contributed by atoms with E-state index < -0.39 is 0 Å². The Morgan fingerprint density at radius 3 is 2.58 bits per heavy atom. The Bertz CT molecular complexity index is 1390. The summed E-state index contributed by atoms with van der Waals surface area (Å²) in [6.07, 6.45) is 1.51. The minimum atomic E-state index is -0.297. The van der Waals surface area contributed by atoms with Crippen LogP contribution in [0.4, 0.5) is 22.7 Å². The summed E-state index contributed by atoms with van der Waals surface area (Å²) in [7, 11) is 0. The summed E-state index contributed by atoms with van der Waals surface area (Å²) >= 11 is 7.46.